The van der Waals surface area contributed by atoms with Crippen molar-refractivity contribution in [3.63, 3.8) is 0 Å². The van der Waals surface area contributed by atoms with E-state index >= 15 is 0 Å². The first-order valence-electron chi connectivity index (χ1n) is 9.11. The molecular weight excluding hydrogens is 386 g/mol. The fraction of sp³-hybridized carbons (Fsp3) is 0.211. The number of nitrogens with two attached hydrogens (primary N) is 1. The molecular formula is C19H19N9O2. The predicted molar refractivity (Wildman–Crippen MR) is 106 cm³/mol. The van der Waals surface area contributed by atoms with Crippen LogP contribution < -0.4 is 10.5 Å². The number of benzene rings is 1. The number of ether oxygens (including phenoxy) is 1. The van der Waals surface area contributed by atoms with Gasteiger partial charge in [0.15, 0.2) is 11.9 Å². The Morgan fingerprint density at radius 3 is 2.70 bits per heavy atom. The highest BCUT2D eigenvalue weighted by Crippen LogP contribution is 2.22. The second-order valence-electron chi connectivity index (χ2n) is 6.70. The first kappa shape index (κ1) is 19.2. The number of hydrogen-bond acceptors (Lipinski definition) is 8. The zero-order chi connectivity index (χ0) is 21.3. The van der Waals surface area contributed by atoms with Crippen LogP contribution in [-0.4, -0.2) is 45.9 Å². The number of amides is 1. The Bertz CT molecular complexity index is 1200. The van der Waals surface area contributed by atoms with Crippen molar-refractivity contribution in [1.82, 2.24) is 40.0 Å². The van der Waals surface area contributed by atoms with E-state index in [1.165, 1.54) is 11.0 Å². The fourth-order valence-electron chi connectivity index (χ4n) is 2.77. The Morgan fingerprint density at radius 1 is 1.17 bits per heavy atom. The van der Waals surface area contributed by atoms with Crippen LogP contribution >= 0.6 is 0 Å². The van der Waals surface area contributed by atoms with Crippen molar-refractivity contribution in [2.24, 2.45) is 12.8 Å². The van der Waals surface area contributed by atoms with E-state index in [2.05, 4.69) is 30.6 Å². The third-order valence-corrected chi connectivity index (χ3v) is 4.42. The molecule has 3 aromatic heterocycles. The molecule has 0 saturated carbocycles. The maximum absolute atomic E-state index is 11.2. The molecule has 0 aliphatic carbocycles. The summed E-state index contributed by atoms with van der Waals surface area (Å²) in [6, 6.07) is 11.3. The lowest BCUT2D eigenvalue weighted by atomic mass is 10.2. The quantitative estimate of drug-likeness (QED) is 0.508. The van der Waals surface area contributed by atoms with E-state index in [4.69, 9.17) is 10.5 Å². The van der Waals surface area contributed by atoms with Gasteiger partial charge in [-0.05, 0) is 48.9 Å². The van der Waals surface area contributed by atoms with Crippen LogP contribution in [0.3, 0.4) is 0 Å². The van der Waals surface area contributed by atoms with Crippen LogP contribution in [0.15, 0.2) is 42.6 Å². The minimum atomic E-state index is -0.545. The van der Waals surface area contributed by atoms with Crippen molar-refractivity contribution in [3.8, 4) is 23.2 Å². The van der Waals surface area contributed by atoms with Crippen LogP contribution in [0.4, 0.5) is 0 Å². The summed E-state index contributed by atoms with van der Waals surface area (Å²) in [5, 5.41) is 20.8. The van der Waals surface area contributed by atoms with E-state index < -0.39 is 12.0 Å². The lowest BCUT2D eigenvalue weighted by molar-refractivity contribution is 0.1000. The van der Waals surface area contributed by atoms with Gasteiger partial charge in [-0.25, -0.2) is 0 Å². The van der Waals surface area contributed by atoms with Gasteiger partial charge in [-0.15, -0.1) is 20.1 Å². The van der Waals surface area contributed by atoms with Gasteiger partial charge in [0.1, 0.15) is 5.69 Å². The molecule has 11 nitrogen and oxygen atoms in total. The zero-order valence-corrected chi connectivity index (χ0v) is 16.6. The number of hydrogen-bond donors (Lipinski definition) is 1. The minimum Gasteiger partial charge on any atom is -0.452 e. The maximum atomic E-state index is 11.2. The molecule has 0 radical (unpaired) electrons. The van der Waals surface area contributed by atoms with Crippen LogP contribution in [0.2, 0.25) is 0 Å². The molecule has 1 atom stereocenters. The summed E-state index contributed by atoms with van der Waals surface area (Å²) in [6.45, 7) is 3.79. The second-order valence-corrected chi connectivity index (χ2v) is 6.70. The lowest BCUT2D eigenvalue weighted by Gasteiger charge is -2.10. The number of nitrogens with zero attached hydrogens (tertiary/aromatic N) is 8. The molecule has 0 saturated heterocycles. The van der Waals surface area contributed by atoms with Crippen molar-refractivity contribution >= 4 is 5.91 Å². The molecule has 0 aliphatic heterocycles. The van der Waals surface area contributed by atoms with Gasteiger partial charge >= 0.3 is 6.01 Å². The standard InChI is InChI=1S/C19H19N9O2/c1-11-5-4-6-14(9-11)28-25-17(22-26-28)12(2)30-19-24-23-18(27(19)3)15-8-7-13(10-21-15)16(20)29/h4-10,12H,1-3H3,(H2,20,29)/t12-/m1/s1. The summed E-state index contributed by atoms with van der Waals surface area (Å²) >= 11 is 0. The first-order valence-corrected chi connectivity index (χ1v) is 9.11. The first-order chi connectivity index (χ1) is 14.4. The smallest absolute Gasteiger partial charge is 0.317 e. The highest BCUT2D eigenvalue weighted by molar-refractivity contribution is 5.92. The Labute approximate surface area is 171 Å². The maximum Gasteiger partial charge on any atom is 0.317 e. The lowest BCUT2D eigenvalue weighted by Crippen LogP contribution is -2.11. The number of rotatable bonds is 6. The molecule has 4 aromatic rings. The molecule has 1 amide bonds. The normalized spacial score (nSPS) is 12.0. The number of carbonyl (C=O) groups is 1. The number of carbonyl (C=O) groups excluding carboxylic acids is 1. The van der Waals surface area contributed by atoms with E-state index in [0.717, 1.165) is 11.3 Å². The number of primary amides is 1. The number of tetrazole rings is 1. The molecule has 4 rings (SSSR count). The van der Waals surface area contributed by atoms with Crippen molar-refractivity contribution < 1.29 is 9.53 Å². The van der Waals surface area contributed by atoms with E-state index in [1.54, 1.807) is 30.7 Å². The van der Waals surface area contributed by atoms with Crippen LogP contribution in [0.5, 0.6) is 6.01 Å². The van der Waals surface area contributed by atoms with E-state index in [0.29, 0.717) is 22.9 Å². The monoisotopic (exact) mass is 405 g/mol. The summed E-state index contributed by atoms with van der Waals surface area (Å²) < 4.78 is 7.52. The summed E-state index contributed by atoms with van der Waals surface area (Å²) in [7, 11) is 1.75. The van der Waals surface area contributed by atoms with Gasteiger partial charge in [0.25, 0.3) is 0 Å². The van der Waals surface area contributed by atoms with Crippen LogP contribution in [-0.2, 0) is 7.05 Å². The summed E-state index contributed by atoms with van der Waals surface area (Å²) in [6.07, 6.45) is 0.882. The SMILES string of the molecule is Cc1cccc(-n2nnc([C@@H](C)Oc3nnc(-c4ccc(C(N)=O)cn4)n3C)n2)c1. The topological polar surface area (TPSA) is 140 Å². The molecule has 0 bridgehead atoms. The van der Waals surface area contributed by atoms with Gasteiger partial charge < -0.3 is 10.5 Å². The van der Waals surface area contributed by atoms with E-state index in [1.807, 2.05) is 31.2 Å². The highest BCUT2D eigenvalue weighted by Gasteiger charge is 2.20. The largest absolute Gasteiger partial charge is 0.452 e. The number of aromatic nitrogens is 8. The summed E-state index contributed by atoms with van der Waals surface area (Å²) in [5.74, 6) is 0.339. The van der Waals surface area contributed by atoms with Crippen molar-refractivity contribution in [2.45, 2.75) is 20.0 Å². The van der Waals surface area contributed by atoms with Gasteiger partial charge in [-0.2, -0.15) is 0 Å². The third kappa shape index (κ3) is 3.72. The Kier molecular flexibility index (Phi) is 4.92. The predicted octanol–water partition coefficient (Wildman–Crippen LogP) is 1.40. The Hall–Kier alpha value is -4.15. The Balaban J connectivity index is 1.52. The molecule has 0 fully saturated rings. The van der Waals surface area contributed by atoms with Crippen LogP contribution in [0.1, 0.15) is 34.8 Å². The van der Waals surface area contributed by atoms with Crippen LogP contribution in [0, 0.1) is 6.92 Å². The molecule has 0 spiro atoms. The molecule has 2 N–H and O–H groups in total. The molecule has 1 aromatic carbocycles. The molecule has 3 heterocycles. The van der Waals surface area contributed by atoms with Crippen molar-refractivity contribution in [3.05, 3.63) is 59.5 Å². The van der Waals surface area contributed by atoms with Gasteiger partial charge in [-0.3, -0.25) is 14.3 Å². The zero-order valence-electron chi connectivity index (χ0n) is 16.6. The van der Waals surface area contributed by atoms with Gasteiger partial charge in [0.05, 0.1) is 11.3 Å². The molecule has 0 aliphatic rings. The molecule has 30 heavy (non-hydrogen) atoms. The highest BCUT2D eigenvalue weighted by atomic mass is 16.5. The number of pyridine rings is 1. The summed E-state index contributed by atoms with van der Waals surface area (Å²) in [4.78, 5) is 16.9. The number of aryl methyl sites for hydroxylation is 1. The fourth-order valence-corrected chi connectivity index (χ4v) is 2.77. The van der Waals surface area contributed by atoms with E-state index in [9.17, 15) is 4.79 Å². The third-order valence-electron chi connectivity index (χ3n) is 4.42. The van der Waals surface area contributed by atoms with E-state index in [-0.39, 0.29) is 6.01 Å². The average molecular weight is 405 g/mol. The van der Waals surface area contributed by atoms with Crippen molar-refractivity contribution in [2.75, 3.05) is 0 Å². The minimum absolute atomic E-state index is 0.269. The van der Waals surface area contributed by atoms with Gasteiger partial charge in [0.2, 0.25) is 11.7 Å². The van der Waals surface area contributed by atoms with Gasteiger partial charge in [-0.1, -0.05) is 17.2 Å². The molecule has 0 unspecified atom stereocenters. The Morgan fingerprint density at radius 2 is 2.00 bits per heavy atom. The van der Waals surface area contributed by atoms with Gasteiger partial charge in [0, 0.05) is 13.2 Å². The van der Waals surface area contributed by atoms with Crippen molar-refractivity contribution in [1.29, 1.82) is 0 Å². The van der Waals surface area contributed by atoms with Crippen LogP contribution in [0.25, 0.3) is 17.2 Å². The summed E-state index contributed by atoms with van der Waals surface area (Å²) in [5.41, 5.74) is 7.99. The molecule has 11 heteroatoms. The second kappa shape index (κ2) is 7.70. The molecule has 152 valence electrons. The average Bonchev–Trinajstić information content (AvgIpc) is 3.36.